The molecule has 6 rings (SSSR count). The van der Waals surface area contributed by atoms with Crippen molar-refractivity contribution in [2.45, 2.75) is 88.4 Å². The molecule has 2 aliphatic heterocycles. The number of rotatable bonds is 4. The van der Waals surface area contributed by atoms with Crippen molar-refractivity contribution in [1.29, 1.82) is 0 Å². The molecule has 1 saturated carbocycles. The number of hydrogen-bond donors (Lipinski definition) is 1. The zero-order chi connectivity index (χ0) is 32.5. The molecule has 2 aromatic carbocycles. The second-order valence-corrected chi connectivity index (χ2v) is 16.0. The number of fused-ring (bicyclic) bond motifs is 4. The minimum absolute atomic E-state index is 0.0253. The first kappa shape index (κ1) is 33.0. The van der Waals surface area contributed by atoms with Gasteiger partial charge in [0.25, 0.3) is 5.91 Å². The molecule has 0 radical (unpaired) electrons. The number of methoxy groups -OCH3 is 1. The first-order valence-electron chi connectivity index (χ1n) is 16.8. The normalized spacial score (nSPS) is 31.7. The minimum atomic E-state index is -3.39. The molecular weight excluding hydrogens is 622 g/mol. The summed E-state index contributed by atoms with van der Waals surface area (Å²) in [5, 5.41) is 0.265. The Kier molecular flexibility index (Phi) is 9.83. The van der Waals surface area contributed by atoms with E-state index in [9.17, 15) is 13.8 Å². The van der Waals surface area contributed by atoms with E-state index >= 15 is 0 Å². The summed E-state index contributed by atoms with van der Waals surface area (Å²) in [4.78, 5) is 28.8. The van der Waals surface area contributed by atoms with Gasteiger partial charge in [0.15, 0.2) is 0 Å². The van der Waals surface area contributed by atoms with E-state index in [2.05, 4.69) is 38.3 Å². The first-order valence-corrected chi connectivity index (χ1v) is 18.7. The molecule has 0 aromatic heterocycles. The van der Waals surface area contributed by atoms with Crippen molar-refractivity contribution >= 4 is 39.0 Å². The molecule has 0 unspecified atom stereocenters. The van der Waals surface area contributed by atoms with E-state index in [1.165, 1.54) is 11.1 Å². The van der Waals surface area contributed by atoms with E-state index < -0.39 is 21.1 Å². The molecule has 2 aromatic rings. The van der Waals surface area contributed by atoms with Crippen molar-refractivity contribution in [3.05, 3.63) is 70.3 Å². The van der Waals surface area contributed by atoms with Gasteiger partial charge in [-0.25, -0.2) is 4.21 Å². The van der Waals surface area contributed by atoms with Crippen molar-refractivity contribution < 1.29 is 23.3 Å². The maximum Gasteiger partial charge on any atom is 0.286 e. The highest BCUT2D eigenvalue weighted by molar-refractivity contribution is 7.93. The summed E-state index contributed by atoms with van der Waals surface area (Å²) in [7, 11) is -1.62. The lowest BCUT2D eigenvalue weighted by Crippen LogP contribution is -2.49. The molecule has 8 nitrogen and oxygen atoms in total. The molecule has 10 heteroatoms. The molecule has 1 fully saturated rings. The van der Waals surface area contributed by atoms with E-state index in [1.807, 2.05) is 25.1 Å². The van der Waals surface area contributed by atoms with Gasteiger partial charge in [-0.2, -0.15) is 0 Å². The fourth-order valence-electron chi connectivity index (χ4n) is 7.87. The van der Waals surface area contributed by atoms with Crippen LogP contribution in [0.25, 0.3) is 0 Å². The van der Waals surface area contributed by atoms with E-state index in [0.29, 0.717) is 43.3 Å². The molecule has 2 aliphatic carbocycles. The Morgan fingerprint density at radius 2 is 2.04 bits per heavy atom. The van der Waals surface area contributed by atoms with Crippen LogP contribution in [0.15, 0.2) is 52.9 Å². The molecule has 248 valence electrons. The van der Waals surface area contributed by atoms with Crippen LogP contribution in [0.4, 0.5) is 5.69 Å². The van der Waals surface area contributed by atoms with Gasteiger partial charge in [-0.1, -0.05) is 43.7 Å². The van der Waals surface area contributed by atoms with Gasteiger partial charge in [0.2, 0.25) is 5.91 Å². The lowest BCUT2D eigenvalue weighted by atomic mass is 9.68. The number of anilines is 1. The number of carbonyl (C=O) groups excluding carboxylic acids is 2. The maximum absolute atomic E-state index is 14.4. The first-order chi connectivity index (χ1) is 22.2. The van der Waals surface area contributed by atoms with Crippen molar-refractivity contribution in [2.75, 3.05) is 31.7 Å². The predicted octanol–water partition coefficient (Wildman–Crippen LogP) is 7.03. The molecule has 4 aliphatic rings. The van der Waals surface area contributed by atoms with Crippen LogP contribution >= 0.6 is 11.6 Å². The lowest BCUT2D eigenvalue weighted by Gasteiger charge is -2.46. The number of amides is 2. The van der Waals surface area contributed by atoms with Crippen molar-refractivity contribution in [3.8, 4) is 5.75 Å². The number of nitrogens with zero attached hydrogens (tertiary/aromatic N) is 2. The molecule has 2 bridgehead atoms. The fourth-order valence-corrected chi connectivity index (χ4v) is 10.2. The van der Waals surface area contributed by atoms with Gasteiger partial charge >= 0.3 is 0 Å². The van der Waals surface area contributed by atoms with Gasteiger partial charge in [0.05, 0.1) is 23.6 Å². The Morgan fingerprint density at radius 3 is 2.78 bits per heavy atom. The highest BCUT2D eigenvalue weighted by Crippen LogP contribution is 2.47. The summed E-state index contributed by atoms with van der Waals surface area (Å²) in [6.07, 6.45) is 11.3. The number of aryl methyl sites for hydroxylation is 1. The Bertz CT molecular complexity index is 1640. The van der Waals surface area contributed by atoms with E-state index in [4.69, 9.17) is 21.1 Å². The van der Waals surface area contributed by atoms with Crippen LogP contribution in [0.1, 0.15) is 86.7 Å². The van der Waals surface area contributed by atoms with E-state index in [0.717, 1.165) is 61.7 Å². The van der Waals surface area contributed by atoms with Crippen LogP contribution < -0.4 is 14.4 Å². The van der Waals surface area contributed by atoms with Gasteiger partial charge in [0, 0.05) is 42.6 Å². The van der Waals surface area contributed by atoms with E-state index in [-0.39, 0.29) is 23.8 Å². The highest BCUT2D eigenvalue weighted by atomic mass is 35.5. The second kappa shape index (κ2) is 13.7. The van der Waals surface area contributed by atoms with Crippen LogP contribution in [0.5, 0.6) is 5.75 Å². The van der Waals surface area contributed by atoms with Crippen molar-refractivity contribution in [1.82, 2.24) is 4.72 Å². The Hall–Kier alpha value is -2.88. The summed E-state index contributed by atoms with van der Waals surface area (Å²) < 4.78 is 34.0. The molecule has 1 N–H and O–H groups in total. The van der Waals surface area contributed by atoms with Gasteiger partial charge < -0.3 is 14.4 Å². The number of carbonyl (C=O) groups is 2. The minimum Gasteiger partial charge on any atom is -0.490 e. The van der Waals surface area contributed by atoms with Gasteiger partial charge in [-0.15, -0.1) is 4.36 Å². The molecular formula is C36H46ClN3O5S. The monoisotopic (exact) mass is 667 g/mol. The summed E-state index contributed by atoms with van der Waals surface area (Å²) in [6, 6.07) is 11.6. The third kappa shape index (κ3) is 6.47. The molecule has 6 atom stereocenters. The standard InChI is InChI=1S/C36H46ClN3O5S/c1-4-28-10-6-7-11-32(44-3)29-15-12-26(29)21-40-22-36(18-8-9-24-19-27(37)14-16-30(24)36)23-45-33-17-13-25(20-31(33)40)35(42)39-46(28,43)38-34(41)5-2/h7,11,13-14,16-17,19-20,26,28-29,32H,4-6,8-10,12,15,18,21-23H2,1-3H3,(H,38,39,41,42,43)/b11-7+/t26-,28+,29+,32-,36-,46+/m0/s1. The van der Waals surface area contributed by atoms with Gasteiger partial charge in [-0.3, -0.25) is 14.3 Å². The maximum atomic E-state index is 14.4. The molecule has 2 amide bonds. The summed E-state index contributed by atoms with van der Waals surface area (Å²) in [5.74, 6) is 0.518. The Balaban J connectivity index is 1.46. The van der Waals surface area contributed by atoms with E-state index in [1.54, 1.807) is 20.1 Å². The number of benzene rings is 2. The Morgan fingerprint density at radius 1 is 1.20 bits per heavy atom. The third-order valence-electron chi connectivity index (χ3n) is 10.6. The SMILES string of the molecule is CCC(=O)N[S@@]1(=O)=NC(=O)c2ccc3c(c2)N(C[C@@H]2CC[C@H]2[C@@H](OC)/C=C/CC[C@H]1CC)C[C@@]1(CCCc2cc(Cl)ccc21)CO3. The van der Waals surface area contributed by atoms with Crippen LogP contribution in [-0.2, 0) is 31.3 Å². The lowest BCUT2D eigenvalue weighted by molar-refractivity contribution is -0.119. The average molecular weight is 668 g/mol. The number of hydrogen-bond acceptors (Lipinski definition) is 6. The van der Waals surface area contributed by atoms with Crippen LogP contribution in [0, 0.1) is 11.8 Å². The third-order valence-corrected chi connectivity index (χ3v) is 13.3. The average Bonchev–Trinajstić information content (AvgIpc) is 3.18. The summed E-state index contributed by atoms with van der Waals surface area (Å²) >= 11 is 6.44. The number of ether oxygens (including phenoxy) is 2. The largest absolute Gasteiger partial charge is 0.490 e. The molecule has 0 saturated heterocycles. The molecule has 2 heterocycles. The van der Waals surface area contributed by atoms with Crippen molar-refractivity contribution in [2.24, 2.45) is 16.2 Å². The van der Waals surface area contributed by atoms with Crippen LogP contribution in [0.2, 0.25) is 5.02 Å². The number of halogens is 1. The predicted molar refractivity (Wildman–Crippen MR) is 183 cm³/mol. The van der Waals surface area contributed by atoms with Gasteiger partial charge in [0.1, 0.15) is 15.7 Å². The highest BCUT2D eigenvalue weighted by Gasteiger charge is 2.44. The zero-order valence-electron chi connectivity index (χ0n) is 27.1. The fraction of sp³-hybridized carbons (Fsp3) is 0.556. The van der Waals surface area contributed by atoms with Crippen LogP contribution in [-0.4, -0.2) is 54.2 Å². The number of allylic oxidation sites excluding steroid dienone is 1. The molecule has 46 heavy (non-hydrogen) atoms. The smallest absolute Gasteiger partial charge is 0.286 e. The number of nitrogens with one attached hydrogen (secondary N) is 1. The molecule has 1 spiro atoms. The second-order valence-electron chi connectivity index (χ2n) is 13.4. The van der Waals surface area contributed by atoms with Crippen molar-refractivity contribution in [3.63, 3.8) is 0 Å². The summed E-state index contributed by atoms with van der Waals surface area (Å²) in [6.45, 7) is 5.68. The summed E-state index contributed by atoms with van der Waals surface area (Å²) in [5.41, 5.74) is 3.50. The zero-order valence-corrected chi connectivity index (χ0v) is 28.7. The van der Waals surface area contributed by atoms with Gasteiger partial charge in [-0.05, 0) is 105 Å². The van der Waals surface area contributed by atoms with Crippen LogP contribution in [0.3, 0.4) is 0 Å². The quantitative estimate of drug-likeness (QED) is 0.352. The Labute approximate surface area is 278 Å². The topological polar surface area (TPSA) is 97.3 Å².